The van der Waals surface area contributed by atoms with Gasteiger partial charge in [0, 0.05) is 19.0 Å². The highest BCUT2D eigenvalue weighted by Crippen LogP contribution is 2.20. The average Bonchev–Trinajstić information content (AvgIpc) is 3.29. The third-order valence-electron chi connectivity index (χ3n) is 5.81. The molecule has 37 heavy (non-hydrogen) atoms. The van der Waals surface area contributed by atoms with Crippen molar-refractivity contribution in [3.63, 3.8) is 0 Å². The number of carboxylic acids is 1. The zero-order valence-electron chi connectivity index (χ0n) is 20.0. The van der Waals surface area contributed by atoms with Crippen molar-refractivity contribution < 1.29 is 33.8 Å². The normalized spacial score (nSPS) is 18.0. The van der Waals surface area contributed by atoms with Crippen LogP contribution in [0.25, 0.3) is 0 Å². The molecule has 2 aromatic rings. The first-order valence-corrected chi connectivity index (χ1v) is 12.2. The van der Waals surface area contributed by atoms with Crippen LogP contribution in [0.15, 0.2) is 30.3 Å². The predicted octanol–water partition coefficient (Wildman–Crippen LogP) is -2.08. The van der Waals surface area contributed by atoms with Crippen LogP contribution in [0.4, 0.5) is 0 Å². The summed E-state index contributed by atoms with van der Waals surface area (Å²) in [5.41, 5.74) is 6.78. The van der Waals surface area contributed by atoms with Crippen molar-refractivity contribution in [3.05, 3.63) is 46.5 Å². The Hall–Kier alpha value is -3.91. The predicted molar refractivity (Wildman–Crippen MR) is 128 cm³/mol. The molecule has 14 heteroatoms. The molecule has 0 aliphatic carbocycles. The summed E-state index contributed by atoms with van der Waals surface area (Å²) in [7, 11) is 0. The molecule has 2 heterocycles. The maximum atomic E-state index is 13.3. The lowest BCUT2D eigenvalue weighted by Crippen LogP contribution is -2.60. The van der Waals surface area contributed by atoms with Gasteiger partial charge in [0.05, 0.1) is 18.3 Å². The number of rotatable bonds is 11. The number of carbonyl (C=O) groups is 5. The van der Waals surface area contributed by atoms with E-state index in [0.717, 1.165) is 17.1 Å². The smallest absolute Gasteiger partial charge is 0.265 e. The molecule has 3 rings (SSSR count). The van der Waals surface area contributed by atoms with Crippen molar-refractivity contribution in [1.82, 2.24) is 25.1 Å². The summed E-state index contributed by atoms with van der Waals surface area (Å²) in [4.78, 5) is 63.1. The standard InChI is InChI=1S/C23H28N6O7S/c1-13-20(37-28-27-13)23(35)25-15-7-8-29(18(30)11-36-12-19(31)32)17(10-15)22(34)26-16(21(24)33)9-14-5-3-2-4-6-14/h2-6,15-17H,7-12H2,1H3,(H2,24,33)(H,25,35)(H,26,34)(H,31,32)/p-1/t15-,16+,17-/m0/s1. The van der Waals surface area contributed by atoms with Gasteiger partial charge >= 0.3 is 0 Å². The fourth-order valence-electron chi connectivity index (χ4n) is 3.98. The zero-order valence-corrected chi connectivity index (χ0v) is 20.9. The van der Waals surface area contributed by atoms with Crippen molar-refractivity contribution >= 4 is 41.1 Å². The molecule has 4 N–H and O–H groups in total. The molecule has 3 atom stereocenters. The molecule has 1 aliphatic heterocycles. The highest BCUT2D eigenvalue weighted by atomic mass is 32.1. The maximum absolute atomic E-state index is 13.3. The summed E-state index contributed by atoms with van der Waals surface area (Å²) in [6.07, 6.45) is 0.525. The number of aryl methyl sites for hydroxylation is 1. The van der Waals surface area contributed by atoms with Gasteiger partial charge in [-0.3, -0.25) is 19.2 Å². The first kappa shape index (κ1) is 27.7. The monoisotopic (exact) mass is 531 g/mol. The number of amides is 4. The average molecular weight is 532 g/mol. The number of primary amides is 1. The Labute approximate surface area is 216 Å². The Balaban J connectivity index is 1.74. The summed E-state index contributed by atoms with van der Waals surface area (Å²) in [6, 6.07) is 6.38. The molecule has 0 radical (unpaired) electrons. The number of hydrogen-bond donors (Lipinski definition) is 3. The summed E-state index contributed by atoms with van der Waals surface area (Å²) in [5, 5.41) is 19.9. The molecule has 1 fully saturated rings. The van der Waals surface area contributed by atoms with Gasteiger partial charge in [0.15, 0.2) is 0 Å². The number of likely N-dealkylation sites (tertiary alicyclic amines) is 1. The molecule has 1 saturated heterocycles. The van der Waals surface area contributed by atoms with E-state index in [-0.39, 0.29) is 19.4 Å². The summed E-state index contributed by atoms with van der Waals surface area (Å²) >= 11 is 0.945. The van der Waals surface area contributed by atoms with Crippen molar-refractivity contribution in [3.8, 4) is 0 Å². The second-order valence-corrected chi connectivity index (χ2v) is 9.26. The largest absolute Gasteiger partial charge is 0.548 e. The lowest BCUT2D eigenvalue weighted by Gasteiger charge is -2.39. The lowest BCUT2D eigenvalue weighted by atomic mass is 9.95. The van der Waals surface area contributed by atoms with Crippen LogP contribution in [0.5, 0.6) is 0 Å². The summed E-state index contributed by atoms with van der Waals surface area (Å²) < 4.78 is 8.60. The number of hydrogen-bond acceptors (Lipinski definition) is 10. The first-order valence-electron chi connectivity index (χ1n) is 11.5. The number of nitrogens with two attached hydrogens (primary N) is 1. The van der Waals surface area contributed by atoms with Crippen LogP contribution in [0.1, 0.15) is 33.8 Å². The number of aliphatic carboxylic acids is 1. The molecule has 13 nitrogen and oxygen atoms in total. The molecule has 0 saturated carbocycles. The van der Waals surface area contributed by atoms with Crippen LogP contribution in [-0.4, -0.2) is 82.0 Å². The Morgan fingerprint density at radius 3 is 2.57 bits per heavy atom. The molecule has 1 aromatic carbocycles. The molecule has 0 bridgehead atoms. The fourth-order valence-corrected chi connectivity index (χ4v) is 4.54. The molecule has 1 aromatic heterocycles. The molecule has 198 valence electrons. The first-order chi connectivity index (χ1) is 17.7. The van der Waals surface area contributed by atoms with Crippen LogP contribution in [0, 0.1) is 6.92 Å². The second-order valence-electron chi connectivity index (χ2n) is 8.50. The van der Waals surface area contributed by atoms with Crippen molar-refractivity contribution in [1.29, 1.82) is 0 Å². The Kier molecular flexibility index (Phi) is 9.63. The number of nitrogens with one attached hydrogen (secondary N) is 2. The zero-order chi connectivity index (χ0) is 26.9. The van der Waals surface area contributed by atoms with Gasteiger partial charge in [0.25, 0.3) is 5.91 Å². The molecule has 0 unspecified atom stereocenters. The van der Waals surface area contributed by atoms with Gasteiger partial charge in [0.2, 0.25) is 17.7 Å². The quantitative estimate of drug-likeness (QED) is 0.291. The highest BCUT2D eigenvalue weighted by molar-refractivity contribution is 7.08. The van der Waals surface area contributed by atoms with Gasteiger partial charge in [-0.1, -0.05) is 34.8 Å². The van der Waals surface area contributed by atoms with Gasteiger partial charge in [0.1, 0.15) is 23.6 Å². The van der Waals surface area contributed by atoms with E-state index in [9.17, 15) is 29.1 Å². The van der Waals surface area contributed by atoms with Crippen LogP contribution >= 0.6 is 11.5 Å². The summed E-state index contributed by atoms with van der Waals surface area (Å²) in [6.45, 7) is 0.373. The van der Waals surface area contributed by atoms with Crippen LogP contribution in [0.2, 0.25) is 0 Å². The van der Waals surface area contributed by atoms with E-state index >= 15 is 0 Å². The minimum atomic E-state index is -1.48. The van der Waals surface area contributed by atoms with Crippen LogP contribution in [0.3, 0.4) is 0 Å². The number of piperidine rings is 1. The van der Waals surface area contributed by atoms with Gasteiger partial charge < -0.3 is 35.9 Å². The number of carbonyl (C=O) groups excluding carboxylic acids is 5. The topological polar surface area (TPSA) is 197 Å². The van der Waals surface area contributed by atoms with Gasteiger partial charge in [-0.05, 0) is 36.9 Å². The van der Waals surface area contributed by atoms with E-state index in [1.54, 1.807) is 31.2 Å². The van der Waals surface area contributed by atoms with E-state index in [0.29, 0.717) is 17.0 Å². The lowest BCUT2D eigenvalue weighted by molar-refractivity contribution is -0.309. The third kappa shape index (κ3) is 7.79. The van der Waals surface area contributed by atoms with E-state index < -0.39 is 60.9 Å². The minimum Gasteiger partial charge on any atom is -0.548 e. The fraction of sp³-hybridized carbons (Fsp3) is 0.435. The van der Waals surface area contributed by atoms with E-state index in [1.165, 1.54) is 4.90 Å². The van der Waals surface area contributed by atoms with Crippen molar-refractivity contribution in [2.24, 2.45) is 5.73 Å². The van der Waals surface area contributed by atoms with Crippen LogP contribution in [-0.2, 0) is 30.3 Å². The Bertz CT molecular complexity index is 1140. The Morgan fingerprint density at radius 1 is 1.22 bits per heavy atom. The van der Waals surface area contributed by atoms with Crippen molar-refractivity contribution in [2.45, 2.75) is 44.3 Å². The number of aromatic nitrogens is 2. The third-order valence-corrected chi connectivity index (χ3v) is 6.63. The van der Waals surface area contributed by atoms with E-state index in [1.807, 2.05) is 6.07 Å². The molecular formula is C23H27N6O7S-. The molecular weight excluding hydrogens is 504 g/mol. The molecule has 1 aliphatic rings. The van der Waals surface area contributed by atoms with Crippen molar-refractivity contribution in [2.75, 3.05) is 19.8 Å². The number of ether oxygens (including phenoxy) is 1. The van der Waals surface area contributed by atoms with Gasteiger partial charge in [-0.25, -0.2) is 0 Å². The molecule has 4 amide bonds. The number of benzene rings is 1. The van der Waals surface area contributed by atoms with Gasteiger partial charge in [-0.15, -0.1) is 5.10 Å². The second kappa shape index (κ2) is 12.9. The maximum Gasteiger partial charge on any atom is 0.265 e. The molecule has 0 spiro atoms. The van der Waals surface area contributed by atoms with Crippen LogP contribution < -0.4 is 21.5 Å². The van der Waals surface area contributed by atoms with E-state index in [4.69, 9.17) is 10.5 Å². The number of nitrogens with zero attached hydrogens (tertiary/aromatic N) is 3. The number of carboxylic acid groups (broad SMARTS) is 1. The minimum absolute atomic E-state index is 0.0475. The Morgan fingerprint density at radius 2 is 1.95 bits per heavy atom. The van der Waals surface area contributed by atoms with E-state index in [2.05, 4.69) is 20.2 Å². The highest BCUT2D eigenvalue weighted by Gasteiger charge is 2.38. The summed E-state index contributed by atoms with van der Waals surface area (Å²) in [5.74, 6) is -3.88. The SMILES string of the molecule is Cc1nnsc1C(=O)N[C@H]1CCN(C(=O)COCC(=O)[O-])[C@H](C(=O)N[C@H](Cc2ccccc2)C(N)=O)C1. The van der Waals surface area contributed by atoms with Gasteiger partial charge in [-0.2, -0.15) is 0 Å².